The molecule has 0 aliphatic rings. The van der Waals surface area contributed by atoms with Crippen molar-refractivity contribution in [3.05, 3.63) is 124 Å². The molecular weight excluding hydrogens is 504 g/mol. The van der Waals surface area contributed by atoms with Gasteiger partial charge < -0.3 is 14.7 Å². The zero-order chi connectivity index (χ0) is 27.2. The molecular formula is C31H22N6O3. The van der Waals surface area contributed by atoms with Gasteiger partial charge in [0.25, 0.3) is 5.56 Å². The first kappa shape index (κ1) is 23.5. The summed E-state index contributed by atoms with van der Waals surface area (Å²) in [5.74, 6) is 0.765. The number of rotatable bonds is 5. The van der Waals surface area contributed by atoms with Gasteiger partial charge in [-0.25, -0.2) is 15.0 Å². The quantitative estimate of drug-likeness (QED) is 0.299. The average Bonchev–Trinajstić information content (AvgIpc) is 3.42. The van der Waals surface area contributed by atoms with E-state index in [1.165, 1.54) is 12.4 Å². The third-order valence-corrected chi connectivity index (χ3v) is 6.96. The number of fused-ring (bicyclic) bond motifs is 3. The molecule has 9 nitrogen and oxygen atoms in total. The summed E-state index contributed by atoms with van der Waals surface area (Å²) in [7, 11) is 0. The van der Waals surface area contributed by atoms with Crippen molar-refractivity contribution in [1.29, 1.82) is 0 Å². The lowest BCUT2D eigenvalue weighted by Gasteiger charge is -2.22. The molecule has 0 unspecified atom stereocenters. The lowest BCUT2D eigenvalue weighted by molar-refractivity contribution is 0.620. The van der Waals surface area contributed by atoms with Crippen LogP contribution in [0.25, 0.3) is 50.0 Å². The summed E-state index contributed by atoms with van der Waals surface area (Å²) in [6.07, 6.45) is 2.94. The van der Waals surface area contributed by atoms with Crippen LogP contribution in [0.3, 0.4) is 0 Å². The molecule has 0 radical (unpaired) electrons. The van der Waals surface area contributed by atoms with Crippen molar-refractivity contribution >= 4 is 38.7 Å². The highest BCUT2D eigenvalue weighted by Gasteiger charge is 2.21. The van der Waals surface area contributed by atoms with Crippen LogP contribution in [0.2, 0.25) is 0 Å². The maximum absolute atomic E-state index is 14.4. The molecule has 0 spiro atoms. The Hall–Kier alpha value is -5.57. The zero-order valence-electron chi connectivity index (χ0n) is 21.3. The fourth-order valence-electron chi connectivity index (χ4n) is 5.11. The summed E-state index contributed by atoms with van der Waals surface area (Å²) in [6, 6.07) is 25.6. The molecule has 40 heavy (non-hydrogen) atoms. The van der Waals surface area contributed by atoms with E-state index < -0.39 is 6.04 Å². The number of nitrogens with zero attached hydrogens (tertiary/aromatic N) is 4. The predicted octanol–water partition coefficient (Wildman–Crippen LogP) is 5.60. The molecule has 7 aromatic rings. The van der Waals surface area contributed by atoms with Crippen molar-refractivity contribution in [2.75, 3.05) is 5.32 Å². The molecule has 3 aromatic carbocycles. The molecule has 7 rings (SSSR count). The second kappa shape index (κ2) is 9.32. The molecule has 2 N–H and O–H groups in total. The van der Waals surface area contributed by atoms with Crippen LogP contribution in [0.15, 0.2) is 111 Å². The van der Waals surface area contributed by atoms with Crippen LogP contribution in [0.5, 0.6) is 0 Å². The Morgan fingerprint density at radius 1 is 0.900 bits per heavy atom. The van der Waals surface area contributed by atoms with Gasteiger partial charge >= 0.3 is 0 Å². The lowest BCUT2D eigenvalue weighted by Crippen LogP contribution is -2.26. The van der Waals surface area contributed by atoms with E-state index in [2.05, 4.69) is 25.3 Å². The topological polar surface area (TPSA) is 119 Å². The van der Waals surface area contributed by atoms with Gasteiger partial charge in [-0.15, -0.1) is 0 Å². The monoisotopic (exact) mass is 526 g/mol. The summed E-state index contributed by atoms with van der Waals surface area (Å²) < 4.78 is 7.73. The second-order valence-electron chi connectivity index (χ2n) is 9.46. The van der Waals surface area contributed by atoms with Crippen LogP contribution < -0.4 is 16.3 Å². The smallest absolute Gasteiger partial charge is 0.264 e. The van der Waals surface area contributed by atoms with Crippen molar-refractivity contribution in [3.63, 3.8) is 0 Å². The summed E-state index contributed by atoms with van der Waals surface area (Å²) in [4.78, 5) is 43.2. The van der Waals surface area contributed by atoms with Gasteiger partial charge in [-0.3, -0.25) is 14.2 Å². The Balaban J connectivity index is 1.45. The molecule has 1 atom stereocenters. The zero-order valence-corrected chi connectivity index (χ0v) is 21.3. The number of benzene rings is 3. The Bertz CT molecular complexity index is 2130. The van der Waals surface area contributed by atoms with Crippen molar-refractivity contribution in [1.82, 2.24) is 24.5 Å². The molecule has 0 amide bonds. The van der Waals surface area contributed by atoms with Crippen molar-refractivity contribution in [2.24, 2.45) is 0 Å². The third-order valence-electron chi connectivity index (χ3n) is 6.96. The first-order chi connectivity index (χ1) is 19.6. The van der Waals surface area contributed by atoms with Gasteiger partial charge in [0.2, 0.25) is 5.89 Å². The third kappa shape index (κ3) is 3.83. The Kier molecular flexibility index (Phi) is 5.48. The molecule has 0 fully saturated rings. The molecule has 0 bridgehead atoms. The maximum Gasteiger partial charge on any atom is 0.264 e. The molecule has 9 heteroatoms. The van der Waals surface area contributed by atoms with E-state index in [4.69, 9.17) is 4.42 Å². The average molecular weight is 527 g/mol. The minimum atomic E-state index is -0.414. The molecule has 0 aliphatic heterocycles. The highest BCUT2D eigenvalue weighted by Crippen LogP contribution is 2.31. The van der Waals surface area contributed by atoms with E-state index in [1.807, 2.05) is 85.8 Å². The Morgan fingerprint density at radius 3 is 2.58 bits per heavy atom. The molecule has 4 heterocycles. The minimum Gasteiger partial charge on any atom is -0.436 e. The first-order valence-electron chi connectivity index (χ1n) is 12.8. The van der Waals surface area contributed by atoms with E-state index in [0.717, 1.165) is 10.9 Å². The summed E-state index contributed by atoms with van der Waals surface area (Å²) >= 11 is 0. The van der Waals surface area contributed by atoms with Gasteiger partial charge in [0.1, 0.15) is 28.7 Å². The van der Waals surface area contributed by atoms with E-state index in [9.17, 15) is 9.59 Å². The van der Waals surface area contributed by atoms with Crippen molar-refractivity contribution in [2.45, 2.75) is 13.0 Å². The van der Waals surface area contributed by atoms with Gasteiger partial charge in [-0.2, -0.15) is 0 Å². The summed E-state index contributed by atoms with van der Waals surface area (Å²) in [5, 5.41) is 4.94. The number of para-hydroxylation sites is 3. The highest BCUT2D eigenvalue weighted by molar-refractivity contribution is 5.96. The highest BCUT2D eigenvalue weighted by atomic mass is 16.3. The largest absolute Gasteiger partial charge is 0.436 e. The van der Waals surface area contributed by atoms with Crippen molar-refractivity contribution < 1.29 is 4.42 Å². The fraction of sp³-hybridized carbons (Fsp3) is 0.0645. The predicted molar refractivity (Wildman–Crippen MR) is 155 cm³/mol. The number of hydrogen-bond donors (Lipinski definition) is 2. The van der Waals surface area contributed by atoms with E-state index in [-0.39, 0.29) is 11.0 Å². The van der Waals surface area contributed by atoms with Crippen LogP contribution in [0.1, 0.15) is 18.7 Å². The molecule has 0 saturated carbocycles. The number of oxazole rings is 1. The Labute approximate surface area is 226 Å². The maximum atomic E-state index is 14.4. The van der Waals surface area contributed by atoms with Crippen LogP contribution >= 0.6 is 0 Å². The molecule has 194 valence electrons. The number of hydrogen-bond acceptors (Lipinski definition) is 7. The second-order valence-corrected chi connectivity index (χ2v) is 9.46. The summed E-state index contributed by atoms with van der Waals surface area (Å²) in [5.41, 5.74) is 3.40. The first-order valence-corrected chi connectivity index (χ1v) is 12.8. The van der Waals surface area contributed by atoms with Gasteiger partial charge in [0.05, 0.1) is 17.0 Å². The van der Waals surface area contributed by atoms with E-state index in [0.29, 0.717) is 50.7 Å². The molecule has 4 aromatic heterocycles. The van der Waals surface area contributed by atoms with Crippen LogP contribution in [-0.4, -0.2) is 24.5 Å². The fourth-order valence-corrected chi connectivity index (χ4v) is 5.11. The van der Waals surface area contributed by atoms with Gasteiger partial charge in [0.15, 0.2) is 11.0 Å². The number of H-pyrrole nitrogens is 1. The summed E-state index contributed by atoms with van der Waals surface area (Å²) in [6.45, 7) is 1.93. The van der Waals surface area contributed by atoms with E-state index >= 15 is 0 Å². The molecule has 0 aliphatic carbocycles. The lowest BCUT2D eigenvalue weighted by atomic mass is 10.0. The van der Waals surface area contributed by atoms with Crippen LogP contribution in [0, 0.1) is 0 Å². The van der Waals surface area contributed by atoms with Crippen LogP contribution in [-0.2, 0) is 0 Å². The number of pyridine rings is 2. The minimum absolute atomic E-state index is 0.203. The normalized spacial score (nSPS) is 12.2. The standard InChI is InChI=1S/C31H22N6O3/c1-18(35-29-27-24(38)14-15-32-28(27)33-17-34-29)23-16-19-8-7-11-21(30-36-22-12-5-6-13-25(22)40-30)26(19)31(39)37(23)20-9-3-2-4-10-20/h2-18H,1H3,(H2,32,33,34,35,38)/t18-/m0/s1. The number of anilines is 1. The van der Waals surface area contributed by atoms with Crippen LogP contribution in [0.4, 0.5) is 5.82 Å². The van der Waals surface area contributed by atoms with Crippen molar-refractivity contribution in [3.8, 4) is 17.1 Å². The molecule has 0 saturated heterocycles. The Morgan fingerprint density at radius 2 is 1.73 bits per heavy atom. The van der Waals surface area contributed by atoms with Gasteiger partial charge in [-0.05, 0) is 48.7 Å². The number of aromatic amines is 1. The number of nitrogens with one attached hydrogen (secondary N) is 2. The SMILES string of the molecule is C[C@H](Nc1ncnc2[nH]ccc(=O)c12)c1cc2cccc(-c3nc4ccccc4o3)c2c(=O)n1-c1ccccc1. The van der Waals surface area contributed by atoms with E-state index in [1.54, 1.807) is 10.8 Å². The number of aromatic nitrogens is 5. The van der Waals surface area contributed by atoms with Gasteiger partial charge in [0, 0.05) is 23.6 Å². The van der Waals surface area contributed by atoms with Gasteiger partial charge in [-0.1, -0.05) is 42.5 Å².